The smallest absolute Gasteiger partial charge is 0.433 e. The van der Waals surface area contributed by atoms with Crippen LogP contribution in [0.25, 0.3) is 21.9 Å². The van der Waals surface area contributed by atoms with Crippen molar-refractivity contribution in [1.82, 2.24) is 34.1 Å². The number of para-hydroxylation sites is 1. The van der Waals surface area contributed by atoms with Crippen molar-refractivity contribution in [2.45, 2.75) is 95.1 Å². The molecule has 2 unspecified atom stereocenters. The van der Waals surface area contributed by atoms with E-state index in [1.165, 1.54) is 26.0 Å². The number of pyridine rings is 1. The summed E-state index contributed by atoms with van der Waals surface area (Å²) >= 11 is 0. The van der Waals surface area contributed by atoms with E-state index >= 15 is 0 Å². The number of carbonyl (C=O) groups excluding carboxylic acids is 2. The van der Waals surface area contributed by atoms with Crippen LogP contribution < -0.4 is 21.1 Å². The molecule has 0 radical (unpaired) electrons. The van der Waals surface area contributed by atoms with Gasteiger partial charge in [0, 0.05) is 37.7 Å². The summed E-state index contributed by atoms with van der Waals surface area (Å²) in [7, 11) is 3.25. The maximum absolute atomic E-state index is 13.4. The first-order valence-electron chi connectivity index (χ1n) is 20.7. The van der Waals surface area contributed by atoms with E-state index in [-0.39, 0.29) is 29.8 Å². The topological polar surface area (TPSA) is 149 Å². The molecule has 2 amide bonds. The van der Waals surface area contributed by atoms with Crippen molar-refractivity contribution in [1.29, 1.82) is 0 Å². The van der Waals surface area contributed by atoms with Gasteiger partial charge >= 0.3 is 11.9 Å². The number of aliphatic hydroxyl groups excluding tert-OH is 1. The molecule has 2 saturated heterocycles. The lowest BCUT2D eigenvalue weighted by Gasteiger charge is -2.36. The van der Waals surface area contributed by atoms with Crippen molar-refractivity contribution >= 4 is 39.4 Å². The summed E-state index contributed by atoms with van der Waals surface area (Å²) in [5.41, 5.74) is 2.20. The van der Waals surface area contributed by atoms with Gasteiger partial charge in [-0.25, -0.2) is 9.78 Å². The monoisotopic (exact) mass is 816 g/mol. The molecule has 1 aliphatic carbocycles. The number of likely N-dealkylation sites (tertiary alicyclic amines) is 1. The molecule has 314 valence electrons. The first-order chi connectivity index (χ1) is 28.4. The number of benzene rings is 2. The molecule has 3 aromatic heterocycles. The Bertz CT molecular complexity index is 2390. The molecule has 16 heteroatoms. The van der Waals surface area contributed by atoms with Crippen LogP contribution in [-0.2, 0) is 24.4 Å². The van der Waals surface area contributed by atoms with E-state index in [2.05, 4.69) is 26.6 Å². The van der Waals surface area contributed by atoms with Crippen LogP contribution in [0, 0.1) is 11.8 Å². The highest BCUT2D eigenvalue weighted by molar-refractivity contribution is 6.05. The highest BCUT2D eigenvalue weighted by Gasteiger charge is 2.34. The average Bonchev–Trinajstić information content (AvgIpc) is 3.75. The van der Waals surface area contributed by atoms with E-state index < -0.39 is 30.0 Å². The van der Waals surface area contributed by atoms with Gasteiger partial charge in [-0.05, 0) is 113 Å². The lowest BCUT2D eigenvalue weighted by Crippen LogP contribution is -2.47. The van der Waals surface area contributed by atoms with Crippen molar-refractivity contribution < 1.29 is 32.6 Å². The maximum atomic E-state index is 13.4. The van der Waals surface area contributed by atoms with Crippen LogP contribution in [0.4, 0.5) is 18.9 Å². The zero-order valence-corrected chi connectivity index (χ0v) is 33.4. The first kappa shape index (κ1) is 40.6. The maximum Gasteiger partial charge on any atom is 0.433 e. The second-order valence-electron chi connectivity index (χ2n) is 16.5. The molecule has 2 aromatic carbocycles. The van der Waals surface area contributed by atoms with Gasteiger partial charge in [-0.2, -0.15) is 18.3 Å². The number of hydrogen-bond donors (Lipinski definition) is 3. The van der Waals surface area contributed by atoms with Gasteiger partial charge in [0.05, 0.1) is 41.4 Å². The summed E-state index contributed by atoms with van der Waals surface area (Å²) in [6.45, 7) is 3.31. The van der Waals surface area contributed by atoms with Gasteiger partial charge in [0.1, 0.15) is 23.4 Å². The number of aromatic nitrogens is 5. The fourth-order valence-electron chi connectivity index (χ4n) is 9.51. The zero-order valence-electron chi connectivity index (χ0n) is 33.4. The van der Waals surface area contributed by atoms with Gasteiger partial charge in [0.2, 0.25) is 5.91 Å². The highest BCUT2D eigenvalue weighted by atomic mass is 19.4. The third-order valence-electron chi connectivity index (χ3n) is 12.7. The number of aryl methyl sites for hydroxylation is 2. The van der Waals surface area contributed by atoms with Gasteiger partial charge in [0.15, 0.2) is 0 Å². The van der Waals surface area contributed by atoms with Crippen molar-refractivity contribution in [2.24, 2.45) is 18.9 Å². The lowest BCUT2D eigenvalue weighted by molar-refractivity contribution is -0.141. The number of methoxy groups -OCH3 is 1. The van der Waals surface area contributed by atoms with Crippen LogP contribution in [0.2, 0.25) is 0 Å². The Labute approximate surface area is 339 Å². The molecule has 0 spiro atoms. The number of carbonyl (C=O) groups is 2. The fourth-order valence-corrected chi connectivity index (χ4v) is 9.51. The molecule has 0 bridgehead atoms. The van der Waals surface area contributed by atoms with Crippen LogP contribution in [0.15, 0.2) is 59.5 Å². The van der Waals surface area contributed by atoms with Crippen LogP contribution in [0.5, 0.6) is 5.75 Å². The standard InChI is InChI=1S/C43H51F3N8O5/c1-51-39-28(8-4-10-34(39)54(42(51)58)35-16-17-38(55)49-41(35)57)7-3-6-26-18-20-52(21-19-26)24-27-12-14-30(15-13-27)53-25-29-22-33(36(59-2)23-32(29)50-53)48-40(56)31-9-5-11-37(47-31)43(44,45)46/h4-5,8-11,22-23,25-27,30,35,41,57H,3,6-7,12-21,24H2,1-2H3,(H,48,56)(H,49,55). The molecule has 8 rings (SSSR count). The lowest BCUT2D eigenvalue weighted by atomic mass is 9.84. The van der Waals surface area contributed by atoms with Gasteiger partial charge in [-0.1, -0.05) is 24.6 Å². The summed E-state index contributed by atoms with van der Waals surface area (Å²) in [5, 5.41) is 21.4. The minimum atomic E-state index is -4.66. The Kier molecular flexibility index (Phi) is 11.5. The Hall–Kier alpha value is -5.22. The van der Waals surface area contributed by atoms with E-state index in [4.69, 9.17) is 9.84 Å². The number of imidazole rings is 1. The number of halogens is 3. The highest BCUT2D eigenvalue weighted by Crippen LogP contribution is 2.37. The summed E-state index contributed by atoms with van der Waals surface area (Å²) in [6.07, 6.45) is 6.57. The molecule has 3 N–H and O–H groups in total. The zero-order chi connectivity index (χ0) is 41.4. The fraction of sp³-hybridized carbons (Fsp3) is 0.512. The average molecular weight is 817 g/mol. The van der Waals surface area contributed by atoms with Gasteiger partial charge in [-0.3, -0.25) is 23.4 Å². The third kappa shape index (κ3) is 8.60. The molecular formula is C43H51F3N8O5. The number of ether oxygens (including phenoxy) is 1. The van der Waals surface area contributed by atoms with Gasteiger partial charge in [0.25, 0.3) is 5.91 Å². The van der Waals surface area contributed by atoms with E-state index in [9.17, 15) is 32.7 Å². The Morgan fingerprint density at radius 3 is 2.49 bits per heavy atom. The largest absolute Gasteiger partial charge is 0.494 e. The number of nitrogens with zero attached hydrogens (tertiary/aromatic N) is 6. The van der Waals surface area contributed by atoms with Crippen LogP contribution in [0.3, 0.4) is 0 Å². The quantitative estimate of drug-likeness (QED) is 0.135. The summed E-state index contributed by atoms with van der Waals surface area (Å²) in [6, 6.07) is 12.4. The second-order valence-corrected chi connectivity index (χ2v) is 16.5. The summed E-state index contributed by atoms with van der Waals surface area (Å²) in [4.78, 5) is 44.2. The summed E-state index contributed by atoms with van der Waals surface area (Å²) in [5.74, 6) is 0.682. The number of anilines is 1. The number of fused-ring (bicyclic) bond motifs is 2. The molecule has 3 fully saturated rings. The Balaban J connectivity index is 0.805. The SMILES string of the molecule is COc1cc2nn(C3CCC(CN4CCC(CCCc5cccc6c5n(C)c(=O)n6C5CCC(=O)NC5O)CC4)CC3)cc2cc1NC(=O)c1cccc(C(F)(F)F)n1. The Morgan fingerprint density at radius 1 is 1.00 bits per heavy atom. The number of amides is 2. The molecule has 59 heavy (non-hydrogen) atoms. The summed E-state index contributed by atoms with van der Waals surface area (Å²) < 4.78 is 50.4. The van der Waals surface area contributed by atoms with Crippen molar-refractivity contribution in [3.8, 4) is 5.75 Å². The van der Waals surface area contributed by atoms with Crippen molar-refractivity contribution in [3.63, 3.8) is 0 Å². The predicted octanol–water partition coefficient (Wildman–Crippen LogP) is 6.60. The first-order valence-corrected chi connectivity index (χ1v) is 20.7. The van der Waals surface area contributed by atoms with Crippen molar-refractivity contribution in [2.75, 3.05) is 32.1 Å². The van der Waals surface area contributed by atoms with Crippen LogP contribution >= 0.6 is 0 Å². The molecule has 13 nitrogen and oxygen atoms in total. The van der Waals surface area contributed by atoms with Gasteiger partial charge in [-0.15, -0.1) is 0 Å². The van der Waals surface area contributed by atoms with E-state index in [1.54, 1.807) is 28.3 Å². The molecule has 1 saturated carbocycles. The number of nitrogens with one attached hydrogen (secondary N) is 2. The van der Waals surface area contributed by atoms with E-state index in [1.807, 2.05) is 23.0 Å². The van der Waals surface area contributed by atoms with Crippen LogP contribution in [0.1, 0.15) is 98.0 Å². The molecule has 2 atom stereocenters. The Morgan fingerprint density at radius 2 is 1.76 bits per heavy atom. The van der Waals surface area contributed by atoms with Gasteiger partial charge < -0.3 is 25.4 Å². The second kappa shape index (κ2) is 16.8. The number of hydrogen-bond acceptors (Lipinski definition) is 8. The third-order valence-corrected chi connectivity index (χ3v) is 12.7. The molecule has 2 aliphatic heterocycles. The number of alkyl halides is 3. The van der Waals surface area contributed by atoms with E-state index in [0.29, 0.717) is 35.2 Å². The van der Waals surface area contributed by atoms with Crippen molar-refractivity contribution in [3.05, 3.63) is 82.2 Å². The van der Waals surface area contributed by atoms with E-state index in [0.717, 1.165) is 98.7 Å². The molecule has 5 aromatic rings. The number of rotatable bonds is 11. The normalized spacial score (nSPS) is 22.2. The minimum absolute atomic E-state index is 0.177. The molecule has 3 aliphatic rings. The molecular weight excluding hydrogens is 766 g/mol. The predicted molar refractivity (Wildman–Crippen MR) is 216 cm³/mol. The number of piperidine rings is 2. The number of aliphatic hydroxyl groups is 1. The van der Waals surface area contributed by atoms with Crippen LogP contribution in [-0.4, -0.2) is 78.7 Å². The molecule has 5 heterocycles. The minimum Gasteiger partial charge on any atom is -0.494 e.